The molecule has 0 saturated carbocycles. The van der Waals surface area contributed by atoms with Crippen LogP contribution in [0.1, 0.15) is 43.0 Å². The molecule has 0 bridgehead atoms. The highest BCUT2D eigenvalue weighted by Gasteiger charge is 2.36. The van der Waals surface area contributed by atoms with Gasteiger partial charge in [0.25, 0.3) is 10.0 Å². The molecule has 1 amide bonds. The van der Waals surface area contributed by atoms with Crippen molar-refractivity contribution in [2.24, 2.45) is 0 Å². The molecule has 0 spiro atoms. The summed E-state index contributed by atoms with van der Waals surface area (Å²) in [6.45, 7) is 7.18. The second kappa shape index (κ2) is 10.3. The van der Waals surface area contributed by atoms with Crippen LogP contribution < -0.4 is 19.1 Å². The topological polar surface area (TPSA) is 84.9 Å². The fourth-order valence-electron chi connectivity index (χ4n) is 4.35. The molecule has 196 valence electrons. The van der Waals surface area contributed by atoms with Gasteiger partial charge in [0, 0.05) is 17.0 Å². The van der Waals surface area contributed by atoms with Crippen molar-refractivity contribution < 1.29 is 22.7 Å². The highest BCUT2D eigenvalue weighted by Crippen LogP contribution is 2.41. The summed E-state index contributed by atoms with van der Waals surface area (Å²) < 4.78 is 40.0. The maximum Gasteiger partial charge on any atom is 0.264 e. The van der Waals surface area contributed by atoms with Crippen molar-refractivity contribution >= 4 is 33.2 Å². The number of anilines is 1. The van der Waals surface area contributed by atoms with Gasteiger partial charge in [-0.05, 0) is 75.7 Å². The van der Waals surface area contributed by atoms with Crippen molar-refractivity contribution in [1.29, 1.82) is 0 Å². The summed E-state index contributed by atoms with van der Waals surface area (Å²) in [5.41, 5.74) is 2.28. The Hall–Kier alpha value is -3.23. The Bertz CT molecular complexity index is 1420. The monoisotopic (exact) mass is 542 g/mol. The normalized spacial score (nSPS) is 16.3. The highest BCUT2D eigenvalue weighted by molar-refractivity contribution is 7.92. The summed E-state index contributed by atoms with van der Waals surface area (Å²) in [5, 5.41) is 3.44. The lowest BCUT2D eigenvalue weighted by molar-refractivity contribution is -0.120. The average Bonchev–Trinajstić information content (AvgIpc) is 2.83. The minimum absolute atomic E-state index is 0.0879. The minimum atomic E-state index is -4.06. The van der Waals surface area contributed by atoms with Crippen LogP contribution in [0.4, 0.5) is 5.69 Å². The van der Waals surface area contributed by atoms with E-state index in [0.29, 0.717) is 28.6 Å². The lowest BCUT2D eigenvalue weighted by atomic mass is 9.89. The molecule has 0 aliphatic carbocycles. The number of sulfonamides is 1. The Morgan fingerprint density at radius 2 is 1.81 bits per heavy atom. The number of methoxy groups -OCH3 is 1. The van der Waals surface area contributed by atoms with Gasteiger partial charge in [0.05, 0.1) is 23.7 Å². The van der Waals surface area contributed by atoms with Crippen LogP contribution in [0.5, 0.6) is 11.5 Å². The van der Waals surface area contributed by atoms with Crippen LogP contribution in [0, 0.1) is 13.8 Å². The van der Waals surface area contributed by atoms with E-state index < -0.39 is 34.1 Å². The van der Waals surface area contributed by atoms with Crippen molar-refractivity contribution in [3.05, 3.63) is 82.4 Å². The number of benzene rings is 3. The average molecular weight is 543 g/mol. The first-order valence-electron chi connectivity index (χ1n) is 11.9. The number of aryl methyl sites for hydroxylation is 2. The fourth-order valence-corrected chi connectivity index (χ4v) is 5.94. The van der Waals surface area contributed by atoms with E-state index in [1.165, 1.54) is 12.1 Å². The third kappa shape index (κ3) is 5.86. The van der Waals surface area contributed by atoms with Crippen LogP contribution in [0.2, 0.25) is 5.02 Å². The van der Waals surface area contributed by atoms with Gasteiger partial charge in [-0.25, -0.2) is 8.42 Å². The third-order valence-electron chi connectivity index (χ3n) is 6.35. The van der Waals surface area contributed by atoms with Crippen LogP contribution in [0.3, 0.4) is 0 Å². The number of carbonyl (C=O) groups is 1. The predicted octanol–water partition coefficient (Wildman–Crippen LogP) is 5.58. The highest BCUT2D eigenvalue weighted by atomic mass is 35.5. The molecule has 1 atom stereocenters. The Balaban J connectivity index is 1.68. The van der Waals surface area contributed by atoms with E-state index in [2.05, 4.69) is 5.32 Å². The van der Waals surface area contributed by atoms with E-state index in [-0.39, 0.29) is 4.90 Å². The van der Waals surface area contributed by atoms with Gasteiger partial charge in [-0.15, -0.1) is 0 Å². The molecule has 37 heavy (non-hydrogen) atoms. The van der Waals surface area contributed by atoms with E-state index >= 15 is 0 Å². The molecular formula is C28H31ClN2O5S. The first kappa shape index (κ1) is 26.8. The molecule has 1 aliphatic heterocycles. The molecule has 0 saturated heterocycles. The summed E-state index contributed by atoms with van der Waals surface area (Å²) in [6, 6.07) is 16.5. The summed E-state index contributed by atoms with van der Waals surface area (Å²) in [7, 11) is -2.49. The van der Waals surface area contributed by atoms with Crippen molar-refractivity contribution in [2.45, 2.75) is 50.7 Å². The summed E-state index contributed by atoms with van der Waals surface area (Å²) >= 11 is 6.34. The first-order valence-corrected chi connectivity index (χ1v) is 13.7. The molecule has 7 nitrogen and oxygen atoms in total. The molecule has 4 rings (SSSR count). The summed E-state index contributed by atoms with van der Waals surface area (Å²) in [6.07, 6.45) is 0.500. The second-order valence-electron chi connectivity index (χ2n) is 9.85. The largest absolute Gasteiger partial charge is 0.497 e. The van der Waals surface area contributed by atoms with Crippen LogP contribution in [0.25, 0.3) is 0 Å². The number of nitrogens with zero attached hydrogens (tertiary/aromatic N) is 1. The maximum absolute atomic E-state index is 13.7. The molecule has 1 unspecified atom stereocenters. The number of halogens is 1. The molecule has 1 aliphatic rings. The molecule has 0 aromatic heterocycles. The Morgan fingerprint density at radius 3 is 2.46 bits per heavy atom. The molecule has 1 heterocycles. The molecule has 9 heteroatoms. The smallest absolute Gasteiger partial charge is 0.264 e. The van der Waals surface area contributed by atoms with Gasteiger partial charge in [0.2, 0.25) is 5.91 Å². The third-order valence-corrected chi connectivity index (χ3v) is 8.54. The van der Waals surface area contributed by atoms with E-state index in [0.717, 1.165) is 21.0 Å². The van der Waals surface area contributed by atoms with E-state index in [4.69, 9.17) is 21.1 Å². The van der Waals surface area contributed by atoms with Crippen LogP contribution in [-0.4, -0.2) is 33.6 Å². The van der Waals surface area contributed by atoms with Crippen molar-refractivity contribution in [3.63, 3.8) is 0 Å². The lowest BCUT2D eigenvalue weighted by Crippen LogP contribution is -2.45. The number of carbonyl (C=O) groups excluding carboxylic acids is 1. The maximum atomic E-state index is 13.7. The van der Waals surface area contributed by atoms with Crippen molar-refractivity contribution in [1.82, 2.24) is 5.32 Å². The molecule has 3 aromatic rings. The second-order valence-corrected chi connectivity index (χ2v) is 12.1. The van der Waals surface area contributed by atoms with Gasteiger partial charge in [-0.2, -0.15) is 0 Å². The van der Waals surface area contributed by atoms with Gasteiger partial charge in [-0.1, -0.05) is 35.4 Å². The van der Waals surface area contributed by atoms with Crippen LogP contribution in [0.15, 0.2) is 65.6 Å². The number of rotatable bonds is 7. The van der Waals surface area contributed by atoms with E-state index in [1.54, 1.807) is 43.5 Å². The molecule has 0 radical (unpaired) electrons. The Labute approximate surface area is 223 Å². The zero-order valence-corrected chi connectivity index (χ0v) is 23.1. The Morgan fingerprint density at radius 1 is 1.11 bits per heavy atom. The molecule has 3 aromatic carbocycles. The fraction of sp³-hybridized carbons (Fsp3) is 0.321. The van der Waals surface area contributed by atoms with Gasteiger partial charge in [-0.3, -0.25) is 9.10 Å². The molecule has 0 fully saturated rings. The minimum Gasteiger partial charge on any atom is -0.497 e. The zero-order chi connectivity index (χ0) is 27.0. The quantitative estimate of drug-likeness (QED) is 0.421. The number of hydrogen-bond acceptors (Lipinski definition) is 5. The zero-order valence-electron chi connectivity index (χ0n) is 21.5. The van der Waals surface area contributed by atoms with Crippen molar-refractivity contribution in [2.75, 3.05) is 18.0 Å². The van der Waals surface area contributed by atoms with Gasteiger partial charge in [0.15, 0.2) is 0 Å². The molecular weight excluding hydrogens is 512 g/mol. The molecule has 1 N–H and O–H groups in total. The van der Waals surface area contributed by atoms with E-state index in [1.807, 2.05) is 39.8 Å². The first-order chi connectivity index (χ1) is 17.4. The number of ether oxygens (including phenoxy) is 2. The summed E-state index contributed by atoms with van der Waals surface area (Å²) in [4.78, 5) is 13.5. The number of hydrogen-bond donors (Lipinski definition) is 1. The van der Waals surface area contributed by atoms with Gasteiger partial charge >= 0.3 is 0 Å². The number of nitrogens with one attached hydrogen (secondary N) is 1. The SMILES string of the molecule is COc1ccc2c(c1)C(NC(=O)CN(c1ccc(C)c(Cl)c1)S(=O)(=O)c1ccc(C)cc1)CC(C)(C)O2. The van der Waals surface area contributed by atoms with Crippen LogP contribution in [-0.2, 0) is 14.8 Å². The van der Waals surface area contributed by atoms with E-state index in [9.17, 15) is 13.2 Å². The standard InChI is InChI=1S/C28H31ClN2O5S/c1-18-6-11-22(12-7-18)37(33,34)31(20-9-8-19(2)24(29)14-20)17-27(32)30-25-16-28(3,4)36-26-13-10-21(35-5)15-23(25)26/h6-15,25H,16-17H2,1-5H3,(H,30,32). The predicted molar refractivity (Wildman–Crippen MR) is 145 cm³/mol. The number of amides is 1. The lowest BCUT2D eigenvalue weighted by Gasteiger charge is -2.38. The summed E-state index contributed by atoms with van der Waals surface area (Å²) in [5.74, 6) is 0.833. The van der Waals surface area contributed by atoms with Gasteiger partial charge < -0.3 is 14.8 Å². The number of fused-ring (bicyclic) bond motifs is 1. The van der Waals surface area contributed by atoms with Crippen LogP contribution >= 0.6 is 11.6 Å². The van der Waals surface area contributed by atoms with Gasteiger partial charge in [0.1, 0.15) is 23.6 Å². The van der Waals surface area contributed by atoms with Crippen molar-refractivity contribution in [3.8, 4) is 11.5 Å². The Kier molecular flexibility index (Phi) is 7.44.